The Balaban J connectivity index is 1.67. The van der Waals surface area contributed by atoms with Crippen molar-refractivity contribution in [1.29, 1.82) is 0 Å². The van der Waals surface area contributed by atoms with Crippen molar-refractivity contribution >= 4 is 6.09 Å². The number of benzene rings is 1. The largest absolute Gasteiger partial charge is 0.444 e. The zero-order valence-corrected chi connectivity index (χ0v) is 15.0. The molecule has 4 atom stereocenters. The normalized spacial score (nSPS) is 30.7. The monoisotopic (exact) mass is 329 g/mol. The van der Waals surface area contributed by atoms with Crippen LogP contribution in [-0.2, 0) is 16.1 Å². The smallest absolute Gasteiger partial charge is 0.408 e. The van der Waals surface area contributed by atoms with Crippen molar-refractivity contribution in [3.05, 3.63) is 34.4 Å². The highest BCUT2D eigenvalue weighted by atomic mass is 16.6. The summed E-state index contributed by atoms with van der Waals surface area (Å²) in [4.78, 5) is 12.3. The first kappa shape index (κ1) is 15.9. The average Bonchev–Trinajstić information content (AvgIpc) is 2.99. The zero-order valence-electron chi connectivity index (χ0n) is 15.0. The van der Waals surface area contributed by atoms with Crippen LogP contribution in [0.2, 0.25) is 0 Å². The van der Waals surface area contributed by atoms with Crippen LogP contribution in [0.1, 0.15) is 80.7 Å². The topological polar surface area (TPSA) is 47.6 Å². The molecule has 2 aliphatic carbocycles. The molecule has 1 saturated carbocycles. The molecule has 1 N–H and O–H groups in total. The summed E-state index contributed by atoms with van der Waals surface area (Å²) in [6.45, 7) is 9.20. The van der Waals surface area contributed by atoms with Crippen molar-refractivity contribution in [2.75, 3.05) is 6.61 Å². The summed E-state index contributed by atoms with van der Waals surface area (Å²) in [5, 5.41) is 3.05. The van der Waals surface area contributed by atoms with E-state index in [1.807, 2.05) is 20.8 Å². The van der Waals surface area contributed by atoms with Crippen LogP contribution in [0, 0.1) is 5.92 Å². The van der Waals surface area contributed by atoms with Gasteiger partial charge < -0.3 is 14.8 Å². The Morgan fingerprint density at radius 3 is 2.71 bits per heavy atom. The van der Waals surface area contributed by atoms with E-state index >= 15 is 0 Å². The summed E-state index contributed by atoms with van der Waals surface area (Å²) in [5.74, 6) is 2.05. The van der Waals surface area contributed by atoms with Gasteiger partial charge in [0.2, 0.25) is 0 Å². The third-order valence-electron chi connectivity index (χ3n) is 5.82. The number of rotatable bonds is 1. The van der Waals surface area contributed by atoms with Gasteiger partial charge in [0, 0.05) is 0 Å². The maximum absolute atomic E-state index is 12.3. The molecule has 24 heavy (non-hydrogen) atoms. The van der Waals surface area contributed by atoms with E-state index in [2.05, 4.69) is 24.4 Å². The molecular formula is C20H27NO3. The second-order valence-electron chi connectivity index (χ2n) is 8.50. The first-order chi connectivity index (χ1) is 11.3. The Bertz CT molecular complexity index is 676. The minimum Gasteiger partial charge on any atom is -0.444 e. The molecule has 4 nitrogen and oxygen atoms in total. The van der Waals surface area contributed by atoms with E-state index < -0.39 is 5.60 Å². The Morgan fingerprint density at radius 1 is 1.21 bits per heavy atom. The van der Waals surface area contributed by atoms with Gasteiger partial charge in [-0.15, -0.1) is 0 Å². The lowest BCUT2D eigenvalue weighted by Crippen LogP contribution is -2.39. The number of alkyl carbamates (subject to hydrolysis) is 1. The highest BCUT2D eigenvalue weighted by molar-refractivity contribution is 5.69. The second kappa shape index (κ2) is 5.48. The number of carbonyl (C=O) groups is 1. The number of nitrogens with one attached hydrogen (secondary N) is 1. The van der Waals surface area contributed by atoms with Crippen molar-refractivity contribution in [3.63, 3.8) is 0 Å². The number of ether oxygens (including phenoxy) is 2. The fourth-order valence-corrected chi connectivity index (χ4v) is 4.92. The lowest BCUT2D eigenvalue weighted by molar-refractivity contribution is 0.0388. The molecule has 2 bridgehead atoms. The molecule has 1 aliphatic heterocycles. The number of fused-ring (bicyclic) bond motifs is 7. The quantitative estimate of drug-likeness (QED) is 0.831. The molecule has 1 unspecified atom stereocenters. The summed E-state index contributed by atoms with van der Waals surface area (Å²) in [5.41, 5.74) is 5.05. The van der Waals surface area contributed by atoms with Gasteiger partial charge in [0.15, 0.2) is 0 Å². The van der Waals surface area contributed by atoms with Crippen LogP contribution in [0.5, 0.6) is 0 Å². The summed E-state index contributed by atoms with van der Waals surface area (Å²) in [6, 6.07) is 4.39. The standard InChI is InChI=1S/C20H27NO3/c1-11-13-7-8-14(11)18-15(13)6-5-12-9-23-10-16(17(12)18)21-19(22)24-20(2,3)4/h5-6,11,13-14,16H,7-10H2,1-4H3,(H,21,22)/t11-,13+,14-,16?/m0/s1. The van der Waals surface area contributed by atoms with Gasteiger partial charge in [0.05, 0.1) is 19.3 Å². The van der Waals surface area contributed by atoms with Gasteiger partial charge in [-0.3, -0.25) is 0 Å². The van der Waals surface area contributed by atoms with Gasteiger partial charge >= 0.3 is 6.09 Å². The van der Waals surface area contributed by atoms with E-state index in [0.717, 1.165) is 5.92 Å². The summed E-state index contributed by atoms with van der Waals surface area (Å²) in [7, 11) is 0. The molecule has 1 amide bonds. The van der Waals surface area contributed by atoms with E-state index in [1.54, 1.807) is 0 Å². The molecule has 1 heterocycles. The SMILES string of the molecule is C[C@@H]1[C@@H]2CC[C@H]1c1ccc3c(c12)C(NC(=O)OC(C)(C)C)COC3. The Hall–Kier alpha value is -1.55. The maximum atomic E-state index is 12.3. The average molecular weight is 329 g/mol. The van der Waals surface area contributed by atoms with Crippen LogP contribution in [0.3, 0.4) is 0 Å². The number of amides is 1. The van der Waals surface area contributed by atoms with Crippen LogP contribution in [0.4, 0.5) is 4.79 Å². The molecule has 130 valence electrons. The highest BCUT2D eigenvalue weighted by Gasteiger charge is 2.46. The Morgan fingerprint density at radius 2 is 1.96 bits per heavy atom. The molecule has 1 aromatic rings. The second-order valence-corrected chi connectivity index (χ2v) is 8.50. The number of carbonyl (C=O) groups excluding carboxylic acids is 1. The van der Waals surface area contributed by atoms with E-state index in [0.29, 0.717) is 25.0 Å². The molecule has 1 fully saturated rings. The van der Waals surface area contributed by atoms with E-state index in [4.69, 9.17) is 9.47 Å². The van der Waals surface area contributed by atoms with Crippen molar-refractivity contribution in [3.8, 4) is 0 Å². The van der Waals surface area contributed by atoms with E-state index in [9.17, 15) is 4.79 Å². The van der Waals surface area contributed by atoms with Gasteiger partial charge in [0.25, 0.3) is 0 Å². The summed E-state index contributed by atoms with van der Waals surface area (Å²) < 4.78 is 11.2. The summed E-state index contributed by atoms with van der Waals surface area (Å²) >= 11 is 0. The minimum absolute atomic E-state index is 0.106. The number of hydrogen-bond acceptors (Lipinski definition) is 3. The van der Waals surface area contributed by atoms with Crippen molar-refractivity contribution in [2.24, 2.45) is 5.92 Å². The van der Waals surface area contributed by atoms with Crippen LogP contribution in [0.15, 0.2) is 12.1 Å². The fraction of sp³-hybridized carbons (Fsp3) is 0.650. The van der Waals surface area contributed by atoms with Gasteiger partial charge in [-0.05, 0) is 73.6 Å². The van der Waals surface area contributed by atoms with Crippen molar-refractivity contribution in [2.45, 2.75) is 70.6 Å². The van der Waals surface area contributed by atoms with Crippen molar-refractivity contribution < 1.29 is 14.3 Å². The first-order valence-corrected chi connectivity index (χ1v) is 9.08. The third-order valence-corrected chi connectivity index (χ3v) is 5.82. The molecule has 0 aromatic heterocycles. The van der Waals surface area contributed by atoms with Crippen LogP contribution >= 0.6 is 0 Å². The molecule has 4 heteroatoms. The molecule has 4 rings (SSSR count). The first-order valence-electron chi connectivity index (χ1n) is 9.08. The Kier molecular flexibility index (Phi) is 3.64. The van der Waals surface area contributed by atoms with Gasteiger partial charge in [-0.25, -0.2) is 4.79 Å². The third kappa shape index (κ3) is 2.52. The molecule has 0 radical (unpaired) electrons. The van der Waals surface area contributed by atoms with Gasteiger partial charge in [-0.1, -0.05) is 19.1 Å². The zero-order chi connectivity index (χ0) is 17.1. The van der Waals surface area contributed by atoms with Gasteiger partial charge in [0.1, 0.15) is 5.60 Å². The van der Waals surface area contributed by atoms with Gasteiger partial charge in [-0.2, -0.15) is 0 Å². The molecule has 3 aliphatic rings. The lowest BCUT2D eigenvalue weighted by atomic mass is 9.82. The highest BCUT2D eigenvalue weighted by Crippen LogP contribution is 2.59. The maximum Gasteiger partial charge on any atom is 0.408 e. The van der Waals surface area contributed by atoms with Crippen LogP contribution < -0.4 is 5.32 Å². The predicted octanol–water partition coefficient (Wildman–Crippen LogP) is 4.39. The molecule has 1 aromatic carbocycles. The molecule has 0 saturated heterocycles. The minimum atomic E-state index is -0.491. The molecule has 0 spiro atoms. The van der Waals surface area contributed by atoms with Crippen molar-refractivity contribution in [1.82, 2.24) is 5.32 Å². The molecular weight excluding hydrogens is 302 g/mol. The lowest BCUT2D eigenvalue weighted by Gasteiger charge is -2.32. The van der Waals surface area contributed by atoms with E-state index in [1.165, 1.54) is 35.1 Å². The summed E-state index contributed by atoms with van der Waals surface area (Å²) in [6.07, 6.45) is 2.21. The van der Waals surface area contributed by atoms with Crippen LogP contribution in [-0.4, -0.2) is 18.3 Å². The number of hydrogen-bond donors (Lipinski definition) is 1. The van der Waals surface area contributed by atoms with E-state index in [-0.39, 0.29) is 12.1 Å². The fourth-order valence-electron chi connectivity index (χ4n) is 4.92. The Labute approximate surface area is 143 Å². The predicted molar refractivity (Wildman–Crippen MR) is 92.1 cm³/mol. The van der Waals surface area contributed by atoms with Crippen LogP contribution in [0.25, 0.3) is 0 Å².